The molecule has 19 heavy (non-hydrogen) atoms. The van der Waals surface area contributed by atoms with Gasteiger partial charge in [-0.05, 0) is 55.3 Å². The molecule has 0 aromatic carbocycles. The summed E-state index contributed by atoms with van der Waals surface area (Å²) in [6.07, 6.45) is 1.75. The van der Waals surface area contributed by atoms with E-state index in [-0.39, 0.29) is 6.09 Å². The van der Waals surface area contributed by atoms with E-state index in [4.69, 9.17) is 4.74 Å². The fraction of sp³-hybridized carbons (Fsp3) is 0.538. The molecule has 1 aromatic heterocycles. The Bertz CT molecular complexity index is 460. The Kier molecular flexibility index (Phi) is 5.51. The highest BCUT2D eigenvalue weighted by atomic mass is 127. The second kappa shape index (κ2) is 6.49. The van der Waals surface area contributed by atoms with Crippen LogP contribution in [0.4, 0.5) is 9.18 Å². The fourth-order valence-corrected chi connectivity index (χ4v) is 2.00. The molecule has 4 nitrogen and oxygen atoms in total. The van der Waals surface area contributed by atoms with Gasteiger partial charge in [0.05, 0.1) is 0 Å². The van der Waals surface area contributed by atoms with Crippen molar-refractivity contribution in [2.75, 3.05) is 13.6 Å². The first kappa shape index (κ1) is 16.1. The summed E-state index contributed by atoms with van der Waals surface area (Å²) in [5.74, 6) is -0.492. The van der Waals surface area contributed by atoms with Gasteiger partial charge in [-0.1, -0.05) is 0 Å². The molecule has 106 valence electrons. The number of amides is 1. The average Bonchev–Trinajstić information content (AvgIpc) is 2.25. The number of pyridine rings is 1. The molecule has 1 heterocycles. The molecule has 0 saturated heterocycles. The lowest BCUT2D eigenvalue weighted by molar-refractivity contribution is 0.0300. The van der Waals surface area contributed by atoms with Crippen LogP contribution in [0.2, 0.25) is 0 Å². The molecule has 0 saturated carbocycles. The van der Waals surface area contributed by atoms with Gasteiger partial charge in [-0.15, -0.1) is 0 Å². The van der Waals surface area contributed by atoms with E-state index in [1.807, 2.05) is 20.8 Å². The molecule has 1 amide bonds. The molecule has 0 spiro atoms. The number of nitrogens with zero attached hydrogens (tertiary/aromatic N) is 2. The van der Waals surface area contributed by atoms with Gasteiger partial charge >= 0.3 is 6.09 Å². The van der Waals surface area contributed by atoms with Crippen molar-refractivity contribution >= 4 is 28.7 Å². The standard InChI is InChI=1S/C13H18FIN2O2/c1-13(2,3)19-12(18)17(4)6-5-9-8-16-11(14)7-10(9)15/h7-8H,5-6H2,1-4H3. The highest BCUT2D eigenvalue weighted by Crippen LogP contribution is 2.14. The Balaban J connectivity index is 2.54. The molecule has 0 fully saturated rings. The largest absolute Gasteiger partial charge is 0.444 e. The summed E-state index contributed by atoms with van der Waals surface area (Å²) in [4.78, 5) is 16.9. The number of carbonyl (C=O) groups is 1. The number of ether oxygens (including phenoxy) is 1. The minimum absolute atomic E-state index is 0.363. The van der Waals surface area contributed by atoms with E-state index in [9.17, 15) is 9.18 Å². The highest BCUT2D eigenvalue weighted by Gasteiger charge is 2.19. The van der Waals surface area contributed by atoms with E-state index in [2.05, 4.69) is 27.6 Å². The summed E-state index contributed by atoms with van der Waals surface area (Å²) in [6, 6.07) is 1.38. The maximum absolute atomic E-state index is 12.9. The van der Waals surface area contributed by atoms with Crippen molar-refractivity contribution in [1.82, 2.24) is 9.88 Å². The normalized spacial score (nSPS) is 11.3. The zero-order valence-corrected chi connectivity index (χ0v) is 13.7. The summed E-state index contributed by atoms with van der Waals surface area (Å²) in [5, 5.41) is 0. The minimum Gasteiger partial charge on any atom is -0.444 e. The number of aromatic nitrogens is 1. The van der Waals surface area contributed by atoms with Gasteiger partial charge in [0.25, 0.3) is 0 Å². The summed E-state index contributed by atoms with van der Waals surface area (Å²) in [5.41, 5.74) is 0.411. The molecule has 0 unspecified atom stereocenters. The summed E-state index contributed by atoms with van der Waals surface area (Å²) < 4.78 is 18.9. The number of likely N-dealkylation sites (N-methyl/N-ethyl adjacent to an activating group) is 1. The third-order valence-corrected chi connectivity index (χ3v) is 3.32. The Morgan fingerprint density at radius 2 is 2.16 bits per heavy atom. The van der Waals surface area contributed by atoms with Crippen LogP contribution < -0.4 is 0 Å². The van der Waals surface area contributed by atoms with Crippen LogP contribution in [0, 0.1) is 9.52 Å². The summed E-state index contributed by atoms with van der Waals surface area (Å²) >= 11 is 2.06. The first-order chi connectivity index (χ1) is 8.69. The SMILES string of the molecule is CN(CCc1cnc(F)cc1I)C(=O)OC(C)(C)C. The van der Waals surface area contributed by atoms with Gasteiger partial charge in [0, 0.05) is 29.4 Å². The lowest BCUT2D eigenvalue weighted by Gasteiger charge is -2.24. The fourth-order valence-electron chi connectivity index (χ4n) is 1.34. The molecule has 0 bridgehead atoms. The van der Waals surface area contributed by atoms with Crippen molar-refractivity contribution < 1.29 is 13.9 Å². The van der Waals surface area contributed by atoms with Gasteiger partial charge in [0.2, 0.25) is 5.95 Å². The van der Waals surface area contributed by atoms with Gasteiger partial charge < -0.3 is 9.64 Å². The molecule has 0 atom stereocenters. The third kappa shape index (κ3) is 5.71. The maximum Gasteiger partial charge on any atom is 0.410 e. The molecule has 0 aliphatic heterocycles. The average molecular weight is 380 g/mol. The van der Waals surface area contributed by atoms with Gasteiger partial charge in [-0.3, -0.25) is 0 Å². The number of halogens is 2. The Hall–Kier alpha value is -0.920. The lowest BCUT2D eigenvalue weighted by atomic mass is 10.2. The van der Waals surface area contributed by atoms with E-state index < -0.39 is 11.5 Å². The Morgan fingerprint density at radius 1 is 1.53 bits per heavy atom. The quantitative estimate of drug-likeness (QED) is 0.598. The molecular formula is C13H18FIN2O2. The third-order valence-electron chi connectivity index (χ3n) is 2.32. The van der Waals surface area contributed by atoms with Crippen LogP contribution in [-0.2, 0) is 11.2 Å². The first-order valence-corrected chi connectivity index (χ1v) is 7.01. The topological polar surface area (TPSA) is 42.4 Å². The van der Waals surface area contributed by atoms with Crippen LogP contribution in [0.5, 0.6) is 0 Å². The zero-order chi connectivity index (χ0) is 14.6. The van der Waals surface area contributed by atoms with Crippen molar-refractivity contribution in [2.24, 2.45) is 0 Å². The van der Waals surface area contributed by atoms with Gasteiger partial charge in [-0.25, -0.2) is 9.78 Å². The number of carbonyl (C=O) groups excluding carboxylic acids is 1. The molecule has 1 aromatic rings. The predicted octanol–water partition coefficient (Wildman–Crippen LogP) is 3.23. The van der Waals surface area contributed by atoms with Crippen molar-refractivity contribution in [1.29, 1.82) is 0 Å². The highest BCUT2D eigenvalue weighted by molar-refractivity contribution is 14.1. The van der Waals surface area contributed by atoms with Gasteiger partial charge in [-0.2, -0.15) is 4.39 Å². The number of hydrogen-bond acceptors (Lipinski definition) is 3. The van der Waals surface area contributed by atoms with Crippen molar-refractivity contribution in [3.8, 4) is 0 Å². The maximum atomic E-state index is 12.9. The van der Waals surface area contributed by atoms with Crippen LogP contribution in [0.1, 0.15) is 26.3 Å². The number of hydrogen-bond donors (Lipinski definition) is 0. The second-order valence-corrected chi connectivity index (χ2v) is 6.41. The minimum atomic E-state index is -0.503. The van der Waals surface area contributed by atoms with Crippen molar-refractivity contribution in [3.05, 3.63) is 27.3 Å². The molecular weight excluding hydrogens is 362 g/mol. The smallest absolute Gasteiger partial charge is 0.410 e. The van der Waals surface area contributed by atoms with Crippen LogP contribution in [0.3, 0.4) is 0 Å². The Morgan fingerprint density at radius 3 is 2.68 bits per heavy atom. The monoisotopic (exact) mass is 380 g/mol. The molecule has 0 radical (unpaired) electrons. The second-order valence-electron chi connectivity index (χ2n) is 5.25. The van der Waals surface area contributed by atoms with E-state index >= 15 is 0 Å². The van der Waals surface area contributed by atoms with Crippen LogP contribution in [0.15, 0.2) is 12.3 Å². The zero-order valence-electron chi connectivity index (χ0n) is 11.5. The van der Waals surface area contributed by atoms with E-state index in [1.54, 1.807) is 7.05 Å². The van der Waals surface area contributed by atoms with Gasteiger partial charge in [0.15, 0.2) is 0 Å². The van der Waals surface area contributed by atoms with Crippen molar-refractivity contribution in [3.63, 3.8) is 0 Å². The van der Waals surface area contributed by atoms with Crippen LogP contribution >= 0.6 is 22.6 Å². The van der Waals surface area contributed by atoms with Gasteiger partial charge in [0.1, 0.15) is 5.60 Å². The van der Waals surface area contributed by atoms with Crippen LogP contribution in [-0.4, -0.2) is 35.2 Å². The van der Waals surface area contributed by atoms with E-state index in [1.165, 1.54) is 17.2 Å². The predicted molar refractivity (Wildman–Crippen MR) is 79.5 cm³/mol. The molecule has 6 heteroatoms. The van der Waals surface area contributed by atoms with Crippen LogP contribution in [0.25, 0.3) is 0 Å². The number of rotatable bonds is 3. The molecule has 0 aliphatic carbocycles. The molecule has 0 aliphatic rings. The van der Waals surface area contributed by atoms with E-state index in [0.29, 0.717) is 13.0 Å². The van der Waals surface area contributed by atoms with E-state index in [0.717, 1.165) is 9.13 Å². The lowest BCUT2D eigenvalue weighted by Crippen LogP contribution is -2.35. The first-order valence-electron chi connectivity index (χ1n) is 5.93. The molecule has 1 rings (SSSR count). The Labute approximate surface area is 126 Å². The molecule has 0 N–H and O–H groups in total. The summed E-state index contributed by atoms with van der Waals surface area (Å²) in [6.45, 7) is 5.97. The van der Waals surface area contributed by atoms with Crippen molar-refractivity contribution in [2.45, 2.75) is 32.8 Å². The summed E-state index contributed by atoms with van der Waals surface area (Å²) in [7, 11) is 1.68.